The van der Waals surface area contributed by atoms with Gasteiger partial charge in [0, 0.05) is 10.6 Å². The summed E-state index contributed by atoms with van der Waals surface area (Å²) in [6.45, 7) is 3.51. The Labute approximate surface area is 159 Å². The summed E-state index contributed by atoms with van der Waals surface area (Å²) in [6.07, 6.45) is -0.974. The molecule has 0 saturated carbocycles. The molecule has 2 aromatic carbocycles. The van der Waals surface area contributed by atoms with Crippen LogP contribution in [0.2, 0.25) is 0 Å². The van der Waals surface area contributed by atoms with E-state index < -0.39 is 18.0 Å². The van der Waals surface area contributed by atoms with E-state index in [-0.39, 0.29) is 5.69 Å². The third-order valence-corrected chi connectivity index (χ3v) is 4.80. The molecule has 140 valence electrons. The molecule has 8 heteroatoms. The fraction of sp³-hybridized carbons (Fsp3) is 0.211. The van der Waals surface area contributed by atoms with Crippen molar-refractivity contribution in [2.45, 2.75) is 24.8 Å². The Kier molecular flexibility index (Phi) is 5.66. The first-order valence-electron chi connectivity index (χ1n) is 8.43. The van der Waals surface area contributed by atoms with Gasteiger partial charge in [0.2, 0.25) is 0 Å². The maximum Gasteiger partial charge on any atom is 0.340 e. The smallest absolute Gasteiger partial charge is 0.340 e. The molecule has 0 bridgehead atoms. The van der Waals surface area contributed by atoms with Crippen molar-refractivity contribution < 1.29 is 14.3 Å². The largest absolute Gasteiger partial charge is 0.449 e. The number of aromatic amines is 2. The summed E-state index contributed by atoms with van der Waals surface area (Å²) >= 11 is 1.54. The minimum absolute atomic E-state index is 0.320. The number of fused-ring (bicyclic) bond motifs is 1. The zero-order valence-corrected chi connectivity index (χ0v) is 15.7. The van der Waals surface area contributed by atoms with Crippen molar-refractivity contribution in [3.05, 3.63) is 58.5 Å². The van der Waals surface area contributed by atoms with E-state index in [1.54, 1.807) is 30.3 Å². The summed E-state index contributed by atoms with van der Waals surface area (Å²) in [7, 11) is 0. The van der Waals surface area contributed by atoms with Gasteiger partial charge in [-0.15, -0.1) is 11.8 Å². The number of benzene rings is 2. The molecule has 0 aliphatic heterocycles. The van der Waals surface area contributed by atoms with Crippen molar-refractivity contribution in [2.24, 2.45) is 0 Å². The average molecular weight is 385 g/mol. The highest BCUT2D eigenvalue weighted by Crippen LogP contribution is 2.23. The van der Waals surface area contributed by atoms with Crippen molar-refractivity contribution >= 4 is 40.4 Å². The van der Waals surface area contributed by atoms with Gasteiger partial charge < -0.3 is 20.0 Å². The molecule has 27 heavy (non-hydrogen) atoms. The molecule has 0 fully saturated rings. The molecule has 0 radical (unpaired) electrons. The fourth-order valence-corrected chi connectivity index (χ4v) is 3.34. The van der Waals surface area contributed by atoms with Gasteiger partial charge in [0.1, 0.15) is 0 Å². The lowest BCUT2D eigenvalue weighted by atomic mass is 10.2. The number of nitrogens with one attached hydrogen (secondary N) is 3. The lowest BCUT2D eigenvalue weighted by Gasteiger charge is -2.15. The van der Waals surface area contributed by atoms with Gasteiger partial charge in [-0.05, 0) is 43.0 Å². The summed E-state index contributed by atoms with van der Waals surface area (Å²) in [6, 6.07) is 12.1. The van der Waals surface area contributed by atoms with Crippen molar-refractivity contribution in [1.82, 2.24) is 9.97 Å². The van der Waals surface area contributed by atoms with Crippen LogP contribution in [-0.4, -0.2) is 33.7 Å². The summed E-state index contributed by atoms with van der Waals surface area (Å²) in [5, 5.41) is 2.68. The summed E-state index contributed by atoms with van der Waals surface area (Å²) in [5.41, 5.74) is 1.83. The van der Waals surface area contributed by atoms with E-state index >= 15 is 0 Å². The van der Waals surface area contributed by atoms with Crippen LogP contribution < -0.4 is 11.0 Å². The number of imidazole rings is 1. The van der Waals surface area contributed by atoms with Gasteiger partial charge in [-0.1, -0.05) is 19.1 Å². The second-order valence-corrected chi connectivity index (χ2v) is 7.11. The van der Waals surface area contributed by atoms with E-state index in [1.807, 2.05) is 19.1 Å². The zero-order valence-electron chi connectivity index (χ0n) is 14.9. The second kappa shape index (κ2) is 8.13. The molecule has 3 aromatic rings. The van der Waals surface area contributed by atoms with Gasteiger partial charge in [0.15, 0.2) is 6.10 Å². The maximum absolute atomic E-state index is 12.4. The molecule has 0 aliphatic rings. The van der Waals surface area contributed by atoms with Gasteiger partial charge in [-0.2, -0.15) is 0 Å². The number of carbonyl (C=O) groups is 2. The lowest BCUT2D eigenvalue weighted by molar-refractivity contribution is -0.123. The Morgan fingerprint density at radius 3 is 2.67 bits per heavy atom. The van der Waals surface area contributed by atoms with Crippen LogP contribution in [0.1, 0.15) is 24.2 Å². The van der Waals surface area contributed by atoms with E-state index in [0.29, 0.717) is 22.3 Å². The summed E-state index contributed by atoms with van der Waals surface area (Å²) in [4.78, 5) is 42.2. The maximum atomic E-state index is 12.4. The minimum Gasteiger partial charge on any atom is -0.449 e. The molecule has 1 aromatic heterocycles. The van der Waals surface area contributed by atoms with E-state index in [4.69, 9.17) is 4.74 Å². The quantitative estimate of drug-likeness (QED) is 0.447. The molecule has 1 heterocycles. The number of hydrogen-bond donors (Lipinski definition) is 3. The predicted molar refractivity (Wildman–Crippen MR) is 105 cm³/mol. The number of esters is 1. The summed E-state index contributed by atoms with van der Waals surface area (Å²) < 4.78 is 5.32. The molecule has 0 aliphatic carbocycles. The Hall–Kier alpha value is -3.00. The van der Waals surface area contributed by atoms with Crippen LogP contribution in [0, 0.1) is 0 Å². The van der Waals surface area contributed by atoms with E-state index in [1.165, 1.54) is 18.7 Å². The van der Waals surface area contributed by atoms with Crippen LogP contribution in [0.5, 0.6) is 0 Å². The third-order valence-electron chi connectivity index (χ3n) is 3.84. The first-order valence-corrected chi connectivity index (χ1v) is 9.42. The number of amides is 1. The van der Waals surface area contributed by atoms with Gasteiger partial charge in [0.05, 0.1) is 16.6 Å². The topological polar surface area (TPSA) is 104 Å². The Morgan fingerprint density at radius 2 is 1.89 bits per heavy atom. The average Bonchev–Trinajstić information content (AvgIpc) is 3.01. The van der Waals surface area contributed by atoms with Crippen LogP contribution >= 0.6 is 11.8 Å². The Bertz CT molecular complexity index is 1040. The van der Waals surface area contributed by atoms with E-state index in [2.05, 4.69) is 15.3 Å². The van der Waals surface area contributed by atoms with Gasteiger partial charge >= 0.3 is 11.7 Å². The molecule has 1 amide bonds. The molecule has 3 rings (SSSR count). The molecule has 0 unspecified atom stereocenters. The monoisotopic (exact) mass is 385 g/mol. The van der Waals surface area contributed by atoms with Gasteiger partial charge in [-0.3, -0.25) is 4.79 Å². The first kappa shape index (κ1) is 18.8. The molecule has 0 spiro atoms. The number of ether oxygens (including phenoxy) is 1. The Balaban J connectivity index is 1.67. The van der Waals surface area contributed by atoms with Crippen LogP contribution in [0.15, 0.2) is 52.2 Å². The van der Waals surface area contributed by atoms with Crippen LogP contribution in [-0.2, 0) is 9.53 Å². The highest BCUT2D eigenvalue weighted by atomic mass is 32.2. The molecule has 0 saturated heterocycles. The highest BCUT2D eigenvalue weighted by Gasteiger charge is 2.21. The van der Waals surface area contributed by atoms with Gasteiger partial charge in [0.25, 0.3) is 5.91 Å². The highest BCUT2D eigenvalue weighted by molar-refractivity contribution is 7.99. The zero-order chi connectivity index (χ0) is 19.4. The molecular weight excluding hydrogens is 366 g/mol. The number of hydrogen-bond acceptors (Lipinski definition) is 5. The number of anilines is 1. The number of rotatable bonds is 6. The minimum atomic E-state index is -0.974. The van der Waals surface area contributed by atoms with Crippen LogP contribution in [0.25, 0.3) is 11.0 Å². The number of thioether (sulfide) groups is 1. The summed E-state index contributed by atoms with van der Waals surface area (Å²) in [5.74, 6) is -0.176. The second-order valence-electron chi connectivity index (χ2n) is 5.81. The SMILES string of the molecule is CCSc1ccccc1C(=O)O[C@H](C)C(=O)Nc1ccc2[nH]c(=O)[nH]c2c1. The number of carbonyl (C=O) groups excluding carboxylic acids is 2. The standard InChI is InChI=1S/C19H19N3O4S/c1-3-27-16-7-5-4-6-13(16)18(24)26-11(2)17(23)20-12-8-9-14-15(10-12)22-19(25)21-14/h4-11H,3H2,1-2H3,(H,20,23)(H2,21,22,25)/t11-/m1/s1. The van der Waals surface area contributed by atoms with E-state index in [9.17, 15) is 14.4 Å². The fourth-order valence-electron chi connectivity index (χ4n) is 2.55. The number of aromatic nitrogens is 2. The normalized spacial score (nSPS) is 11.9. The molecular formula is C19H19N3O4S. The molecule has 3 N–H and O–H groups in total. The van der Waals surface area contributed by atoms with Crippen molar-refractivity contribution in [3.63, 3.8) is 0 Å². The Morgan fingerprint density at radius 1 is 1.15 bits per heavy atom. The van der Waals surface area contributed by atoms with Gasteiger partial charge in [-0.25, -0.2) is 9.59 Å². The van der Waals surface area contributed by atoms with Crippen molar-refractivity contribution in [3.8, 4) is 0 Å². The van der Waals surface area contributed by atoms with Crippen LogP contribution in [0.4, 0.5) is 5.69 Å². The molecule has 7 nitrogen and oxygen atoms in total. The first-order chi connectivity index (χ1) is 13.0. The lowest BCUT2D eigenvalue weighted by Crippen LogP contribution is -2.30. The van der Waals surface area contributed by atoms with Crippen molar-refractivity contribution in [1.29, 1.82) is 0 Å². The van der Waals surface area contributed by atoms with E-state index in [0.717, 1.165) is 10.6 Å². The van der Waals surface area contributed by atoms with Crippen LogP contribution in [0.3, 0.4) is 0 Å². The third kappa shape index (κ3) is 4.40. The predicted octanol–water partition coefficient (Wildman–Crippen LogP) is 3.15. The van der Waals surface area contributed by atoms with Crippen molar-refractivity contribution in [2.75, 3.05) is 11.1 Å². The number of H-pyrrole nitrogens is 2. The molecule has 1 atom stereocenters.